The second-order valence-electron chi connectivity index (χ2n) is 14.3. The zero-order valence-corrected chi connectivity index (χ0v) is 35.4. The van der Waals surface area contributed by atoms with E-state index in [9.17, 15) is 30.0 Å². The van der Waals surface area contributed by atoms with Crippen LogP contribution in [0.25, 0.3) is 0 Å². The molecule has 0 amide bonds. The molecule has 0 saturated heterocycles. The molecule has 0 aliphatic carbocycles. The summed E-state index contributed by atoms with van der Waals surface area (Å²) in [5, 5.41) is 42.2. The molecule has 0 spiro atoms. The molecule has 2 N–H and O–H groups in total. The molecule has 0 atom stereocenters. The van der Waals surface area contributed by atoms with Gasteiger partial charge in [0.05, 0.1) is 5.97 Å². The minimum atomic E-state index is -1.42. The minimum Gasteiger partial charge on any atom is -0.872 e. The molecular formula is C48H46O6Zn. The number of aromatic hydroxyl groups is 1. The predicted molar refractivity (Wildman–Crippen MR) is 211 cm³/mol. The number of carboxylic acids is 2. The van der Waals surface area contributed by atoms with Crippen LogP contribution in [-0.2, 0) is 45.2 Å². The van der Waals surface area contributed by atoms with E-state index in [1.54, 1.807) is 24.3 Å². The third kappa shape index (κ3) is 10.8. The molecule has 6 aromatic carbocycles. The van der Waals surface area contributed by atoms with Crippen molar-refractivity contribution >= 4 is 11.9 Å². The number of rotatable bonds is 10. The fourth-order valence-electron chi connectivity index (χ4n) is 7.31. The van der Waals surface area contributed by atoms with Gasteiger partial charge in [0.2, 0.25) is 0 Å². The number of benzene rings is 6. The Kier molecular flexibility index (Phi) is 14.3. The Bertz CT molecular complexity index is 2100. The quantitative estimate of drug-likeness (QED) is 0.135. The normalized spacial score (nSPS) is 10.6. The molecule has 55 heavy (non-hydrogen) atoms. The molecule has 0 unspecified atom stereocenters. The Hall–Kier alpha value is -5.52. The predicted octanol–water partition coefficient (Wildman–Crippen LogP) is 8.43. The van der Waals surface area contributed by atoms with Gasteiger partial charge in [0.25, 0.3) is 0 Å². The molecule has 0 aromatic heterocycles. The largest absolute Gasteiger partial charge is 2.00 e. The van der Waals surface area contributed by atoms with E-state index in [2.05, 4.69) is 90.1 Å². The summed E-state index contributed by atoms with van der Waals surface area (Å²) >= 11 is 0. The second kappa shape index (κ2) is 18.7. The number of hydrogen-bond acceptors (Lipinski definition) is 5. The number of phenols is 1. The van der Waals surface area contributed by atoms with E-state index in [0.29, 0.717) is 24.0 Å². The van der Waals surface area contributed by atoms with E-state index < -0.39 is 17.7 Å². The average Bonchev–Trinajstić information content (AvgIpc) is 3.09. The smallest absolute Gasteiger partial charge is 0.872 e. The Morgan fingerprint density at radius 2 is 0.873 bits per heavy atom. The Morgan fingerprint density at radius 3 is 1.24 bits per heavy atom. The van der Waals surface area contributed by atoms with E-state index in [-0.39, 0.29) is 36.4 Å². The number of aromatic carboxylic acids is 2. The molecule has 6 nitrogen and oxygen atoms in total. The number of carbonyl (C=O) groups excluding carboxylic acids is 1. The zero-order valence-electron chi connectivity index (χ0n) is 32.5. The summed E-state index contributed by atoms with van der Waals surface area (Å²) < 4.78 is 0. The maximum atomic E-state index is 11.8. The fourth-order valence-corrected chi connectivity index (χ4v) is 7.31. The molecule has 6 aromatic rings. The second-order valence-corrected chi connectivity index (χ2v) is 14.3. The van der Waals surface area contributed by atoms with Gasteiger partial charge in [0.15, 0.2) is 0 Å². The van der Waals surface area contributed by atoms with E-state index in [1.165, 1.54) is 67.8 Å². The maximum Gasteiger partial charge on any atom is 2.00 e. The van der Waals surface area contributed by atoms with Gasteiger partial charge in [-0.25, -0.2) is 4.79 Å². The zero-order chi connectivity index (χ0) is 39.1. The molecule has 0 aliphatic rings. The van der Waals surface area contributed by atoms with Gasteiger partial charge in [-0.2, -0.15) is 0 Å². The Morgan fingerprint density at radius 1 is 0.527 bits per heavy atom. The molecule has 276 valence electrons. The molecular weight excluding hydrogens is 738 g/mol. The van der Waals surface area contributed by atoms with Crippen LogP contribution in [0.15, 0.2) is 109 Å². The number of aryl methyl sites for hydroxylation is 6. The molecule has 0 fully saturated rings. The molecule has 0 bridgehead atoms. The molecule has 0 saturated carbocycles. The van der Waals surface area contributed by atoms with Gasteiger partial charge < -0.3 is 25.2 Å². The molecule has 7 heteroatoms. The summed E-state index contributed by atoms with van der Waals surface area (Å²) in [4.78, 5) is 22.7. The maximum absolute atomic E-state index is 11.8. The van der Waals surface area contributed by atoms with Crippen molar-refractivity contribution in [3.8, 4) is 11.5 Å². The summed E-state index contributed by atoms with van der Waals surface area (Å²) in [5.41, 5.74) is 15.7. The topological polar surface area (TPSA) is 121 Å². The van der Waals surface area contributed by atoms with Crippen LogP contribution >= 0.6 is 0 Å². The third-order valence-corrected chi connectivity index (χ3v) is 9.94. The van der Waals surface area contributed by atoms with Crippen molar-refractivity contribution in [3.63, 3.8) is 0 Å². The van der Waals surface area contributed by atoms with Gasteiger partial charge in [-0.15, -0.1) is 0 Å². The van der Waals surface area contributed by atoms with Gasteiger partial charge in [-0.05, 0) is 146 Å². The van der Waals surface area contributed by atoms with Gasteiger partial charge in [0.1, 0.15) is 11.3 Å². The van der Waals surface area contributed by atoms with Crippen LogP contribution < -0.4 is 10.2 Å². The number of hydrogen-bond donors (Lipinski definition) is 2. The first-order valence-electron chi connectivity index (χ1n) is 18.0. The minimum absolute atomic E-state index is 0. The van der Waals surface area contributed by atoms with E-state index in [0.717, 1.165) is 24.0 Å². The van der Waals surface area contributed by atoms with Crippen molar-refractivity contribution in [1.29, 1.82) is 0 Å². The Labute approximate surface area is 336 Å². The summed E-state index contributed by atoms with van der Waals surface area (Å²) in [6.07, 6.45) is 2.60. The van der Waals surface area contributed by atoms with Crippen LogP contribution in [-0.4, -0.2) is 22.2 Å². The monoisotopic (exact) mass is 782 g/mol. The van der Waals surface area contributed by atoms with Crippen LogP contribution in [0.4, 0.5) is 0 Å². The standard InChI is InChI=1S/2C24H24O3.Zn/c2*1-15-11-16(2)21(17(3)12-15)14-19-9-7-18(8-10-19)13-20-5-4-6-22(25)23(20)24(26)27;/h2*4-12,25H,13-14H2,1-3H3,(H,26,27);/q;;+2/p-2. The summed E-state index contributed by atoms with van der Waals surface area (Å²) in [6.45, 7) is 12.8. The average molecular weight is 784 g/mol. The van der Waals surface area contributed by atoms with Gasteiger partial charge >= 0.3 is 25.4 Å². The summed E-state index contributed by atoms with van der Waals surface area (Å²) in [5.74, 6) is -3.22. The van der Waals surface area contributed by atoms with Crippen LogP contribution in [0.1, 0.15) is 98.6 Å². The number of carboxylic acid groups (broad SMARTS) is 2. The SMILES string of the molecule is Cc1cc(C)c(Cc2ccc(Cc3cccc(O)c3C(=O)O)cc2)c(C)c1.Cc1cc(C)c(Cc2ccc(Cc3cccc([O-])c3C(=O)[O-])cc2)c(C)c1.[Zn+2]. The fraction of sp³-hybridized carbons (Fsp3) is 0.208. The van der Waals surface area contributed by atoms with Crippen molar-refractivity contribution in [2.75, 3.05) is 0 Å². The van der Waals surface area contributed by atoms with Crippen molar-refractivity contribution in [1.82, 2.24) is 0 Å². The van der Waals surface area contributed by atoms with E-state index >= 15 is 0 Å². The van der Waals surface area contributed by atoms with Gasteiger partial charge in [-0.1, -0.05) is 120 Å². The number of carbonyl (C=O) groups is 2. The van der Waals surface area contributed by atoms with Crippen LogP contribution in [0.5, 0.6) is 11.5 Å². The molecule has 0 heterocycles. The molecule has 0 aliphatic heterocycles. The third-order valence-electron chi connectivity index (χ3n) is 9.94. The van der Waals surface area contributed by atoms with Crippen molar-refractivity contribution < 1.29 is 49.5 Å². The van der Waals surface area contributed by atoms with E-state index in [4.69, 9.17) is 0 Å². The first-order chi connectivity index (χ1) is 25.7. The first-order valence-corrected chi connectivity index (χ1v) is 18.0. The van der Waals surface area contributed by atoms with Gasteiger partial charge in [0, 0.05) is 0 Å². The Balaban J connectivity index is 0.000000240. The summed E-state index contributed by atoms with van der Waals surface area (Å²) in [7, 11) is 0. The van der Waals surface area contributed by atoms with Crippen molar-refractivity contribution in [2.45, 2.75) is 67.2 Å². The van der Waals surface area contributed by atoms with Gasteiger partial charge in [-0.3, -0.25) is 0 Å². The molecule has 0 radical (unpaired) electrons. The van der Waals surface area contributed by atoms with E-state index in [1.807, 2.05) is 24.3 Å². The molecule has 6 rings (SSSR count). The van der Waals surface area contributed by atoms with Crippen LogP contribution in [0, 0.1) is 41.5 Å². The van der Waals surface area contributed by atoms with Crippen LogP contribution in [0.2, 0.25) is 0 Å². The summed E-state index contributed by atoms with van der Waals surface area (Å²) in [6, 6.07) is 34.5. The van der Waals surface area contributed by atoms with Crippen molar-refractivity contribution in [2.24, 2.45) is 0 Å². The van der Waals surface area contributed by atoms with Crippen molar-refractivity contribution in [3.05, 3.63) is 198 Å². The van der Waals surface area contributed by atoms with Crippen LogP contribution in [0.3, 0.4) is 0 Å². The first kappa shape index (κ1) is 42.2.